The van der Waals surface area contributed by atoms with Crippen LogP contribution in [0.25, 0.3) is 0 Å². The molecule has 1 aromatic heterocycles. The Morgan fingerprint density at radius 1 is 1.00 bits per heavy atom. The molecule has 1 aromatic carbocycles. The molecule has 1 heterocycles. The Bertz CT molecular complexity index is 1170. The summed E-state index contributed by atoms with van der Waals surface area (Å²) in [6.45, 7) is 4.45. The van der Waals surface area contributed by atoms with E-state index < -0.39 is 0 Å². The number of aromatic nitrogens is 3. The second kappa shape index (κ2) is 10.7. The van der Waals surface area contributed by atoms with Gasteiger partial charge in [-0.2, -0.15) is 0 Å². The molecule has 0 unspecified atom stereocenters. The highest BCUT2D eigenvalue weighted by atomic mass is 32.2. The molecule has 2 aromatic rings. The molecule has 5 aliphatic carbocycles. The van der Waals surface area contributed by atoms with Crippen molar-refractivity contribution in [2.75, 3.05) is 11.1 Å². The van der Waals surface area contributed by atoms with E-state index in [4.69, 9.17) is 0 Å². The number of anilines is 1. The molecule has 0 atom stereocenters. The summed E-state index contributed by atoms with van der Waals surface area (Å²) >= 11 is 1.45. The fraction of sp³-hybridized carbons (Fsp3) is 0.667. The van der Waals surface area contributed by atoms with Gasteiger partial charge in [0.25, 0.3) is 0 Å². The average molecular weight is 536 g/mol. The van der Waals surface area contributed by atoms with Gasteiger partial charge in [-0.1, -0.05) is 43.2 Å². The molecule has 2 N–H and O–H groups in total. The number of thioether (sulfide) groups is 1. The fourth-order valence-electron chi connectivity index (χ4n) is 8.15. The summed E-state index contributed by atoms with van der Waals surface area (Å²) in [6.07, 6.45) is 13.0. The fourth-order valence-corrected chi connectivity index (χ4v) is 8.98. The number of hydrogen-bond donors (Lipinski definition) is 2. The zero-order chi connectivity index (χ0) is 26.3. The van der Waals surface area contributed by atoms with Crippen LogP contribution in [0.15, 0.2) is 23.4 Å². The van der Waals surface area contributed by atoms with Crippen LogP contribution in [-0.4, -0.2) is 32.3 Å². The lowest BCUT2D eigenvalue weighted by molar-refractivity contribution is -0.146. The van der Waals surface area contributed by atoms with Crippen molar-refractivity contribution in [2.45, 2.75) is 102 Å². The van der Waals surface area contributed by atoms with Crippen molar-refractivity contribution in [1.29, 1.82) is 0 Å². The van der Waals surface area contributed by atoms with Crippen molar-refractivity contribution in [3.05, 3.63) is 35.2 Å². The average Bonchev–Trinajstić information content (AvgIpc) is 3.30. The number of aryl methyl sites for hydroxylation is 2. The summed E-state index contributed by atoms with van der Waals surface area (Å²) in [5.74, 6) is 3.53. The first kappa shape index (κ1) is 25.9. The van der Waals surface area contributed by atoms with E-state index in [9.17, 15) is 9.59 Å². The molecule has 0 saturated heterocycles. The number of carbonyl (C=O) groups is 2. The standard InChI is InChI=1S/C30H41N5O2S/c1-19-8-9-20(2)25(10-19)32-27(36)18-38-29-34-33-26(35(29)24-6-4-3-5-7-24)17-31-28(37)30-14-21-11-22(15-30)13-23(12-21)16-30/h8-10,21-24H,3-7,11-18H2,1-2H3,(H,31,37)(H,32,36). The topological polar surface area (TPSA) is 88.9 Å². The van der Waals surface area contributed by atoms with Gasteiger partial charge >= 0.3 is 0 Å². The number of hydrogen-bond acceptors (Lipinski definition) is 5. The van der Waals surface area contributed by atoms with Crippen LogP contribution in [0.1, 0.15) is 93.6 Å². The third-order valence-electron chi connectivity index (χ3n) is 9.60. The lowest BCUT2D eigenvalue weighted by Gasteiger charge is -2.55. The third-order valence-corrected chi connectivity index (χ3v) is 10.5. The van der Waals surface area contributed by atoms with Crippen molar-refractivity contribution >= 4 is 29.3 Å². The highest BCUT2D eigenvalue weighted by molar-refractivity contribution is 7.99. The molecular formula is C30H41N5O2S. The first-order chi connectivity index (χ1) is 18.4. The van der Waals surface area contributed by atoms with Crippen LogP contribution in [0, 0.1) is 37.0 Å². The van der Waals surface area contributed by atoms with E-state index in [-0.39, 0.29) is 23.0 Å². The maximum absolute atomic E-state index is 13.6. The number of carbonyl (C=O) groups excluding carboxylic acids is 2. The third kappa shape index (κ3) is 5.25. The summed E-state index contributed by atoms with van der Waals surface area (Å²) in [5, 5.41) is 16.2. The van der Waals surface area contributed by atoms with Gasteiger partial charge in [0.2, 0.25) is 11.8 Å². The van der Waals surface area contributed by atoms with Gasteiger partial charge in [-0.3, -0.25) is 9.59 Å². The second-order valence-electron chi connectivity index (χ2n) is 12.6. The molecule has 8 heteroatoms. The summed E-state index contributed by atoms with van der Waals surface area (Å²) in [7, 11) is 0. The normalized spacial score (nSPS) is 28.4. The van der Waals surface area contributed by atoms with Crippen LogP contribution in [-0.2, 0) is 16.1 Å². The lowest BCUT2D eigenvalue weighted by atomic mass is 9.49. The molecule has 5 aliphatic rings. The van der Waals surface area contributed by atoms with E-state index >= 15 is 0 Å². The van der Waals surface area contributed by atoms with Crippen LogP contribution < -0.4 is 10.6 Å². The monoisotopic (exact) mass is 535 g/mol. The number of rotatable bonds is 8. The quantitative estimate of drug-likeness (QED) is 0.407. The Morgan fingerprint density at radius 2 is 1.68 bits per heavy atom. The summed E-state index contributed by atoms with van der Waals surface area (Å²) in [6, 6.07) is 6.42. The first-order valence-electron chi connectivity index (χ1n) is 14.6. The van der Waals surface area contributed by atoms with Gasteiger partial charge in [0.15, 0.2) is 11.0 Å². The minimum Gasteiger partial charge on any atom is -0.348 e. The molecule has 7 rings (SSSR count). The van der Waals surface area contributed by atoms with Crippen molar-refractivity contribution in [3.8, 4) is 0 Å². The minimum absolute atomic E-state index is 0.0430. The predicted octanol–water partition coefficient (Wildman–Crippen LogP) is 5.96. The van der Waals surface area contributed by atoms with Gasteiger partial charge in [0, 0.05) is 17.1 Å². The lowest BCUT2D eigenvalue weighted by Crippen LogP contribution is -2.53. The first-order valence-corrected chi connectivity index (χ1v) is 15.6. The number of amides is 2. The molecule has 38 heavy (non-hydrogen) atoms. The number of nitrogens with one attached hydrogen (secondary N) is 2. The Kier molecular flexibility index (Phi) is 7.27. The number of benzene rings is 1. The molecule has 2 amide bonds. The largest absolute Gasteiger partial charge is 0.348 e. The second-order valence-corrected chi connectivity index (χ2v) is 13.5. The molecule has 0 aliphatic heterocycles. The molecule has 7 nitrogen and oxygen atoms in total. The van der Waals surface area contributed by atoms with E-state index in [0.717, 1.165) is 77.7 Å². The van der Waals surface area contributed by atoms with Crippen LogP contribution in [0.4, 0.5) is 5.69 Å². The van der Waals surface area contributed by atoms with Crippen molar-refractivity contribution < 1.29 is 9.59 Å². The minimum atomic E-state index is -0.159. The van der Waals surface area contributed by atoms with Crippen LogP contribution in [0.2, 0.25) is 0 Å². The number of nitrogens with zero attached hydrogens (tertiary/aromatic N) is 3. The zero-order valence-corrected chi connectivity index (χ0v) is 23.6. The smallest absolute Gasteiger partial charge is 0.234 e. The van der Waals surface area contributed by atoms with Crippen LogP contribution >= 0.6 is 11.8 Å². The molecule has 0 spiro atoms. The van der Waals surface area contributed by atoms with E-state index in [1.165, 1.54) is 50.3 Å². The maximum atomic E-state index is 13.6. The molecule has 4 bridgehead atoms. The van der Waals surface area contributed by atoms with Crippen LogP contribution in [0.5, 0.6) is 0 Å². The Morgan fingerprint density at radius 3 is 2.37 bits per heavy atom. The molecule has 0 radical (unpaired) electrons. The van der Waals surface area contributed by atoms with Crippen molar-refractivity contribution in [1.82, 2.24) is 20.1 Å². The highest BCUT2D eigenvalue weighted by Gasteiger charge is 2.54. The molecule has 5 fully saturated rings. The SMILES string of the molecule is Cc1ccc(C)c(NC(=O)CSc2nnc(CNC(=O)C34CC5CC(CC(C5)C3)C4)n2C2CCCCC2)c1. The van der Waals surface area contributed by atoms with Crippen molar-refractivity contribution in [2.24, 2.45) is 23.2 Å². The Balaban J connectivity index is 1.13. The summed E-state index contributed by atoms with van der Waals surface area (Å²) in [5.41, 5.74) is 2.87. The maximum Gasteiger partial charge on any atom is 0.234 e. The Labute approximate surface area is 230 Å². The van der Waals surface area contributed by atoms with Gasteiger partial charge in [0.1, 0.15) is 0 Å². The van der Waals surface area contributed by atoms with Gasteiger partial charge < -0.3 is 15.2 Å². The van der Waals surface area contributed by atoms with E-state index in [1.54, 1.807) is 0 Å². The van der Waals surface area contributed by atoms with Gasteiger partial charge in [-0.05, 0) is 100 Å². The van der Waals surface area contributed by atoms with Gasteiger partial charge in [-0.25, -0.2) is 0 Å². The van der Waals surface area contributed by atoms with E-state index in [1.807, 2.05) is 26.0 Å². The van der Waals surface area contributed by atoms with Crippen molar-refractivity contribution in [3.63, 3.8) is 0 Å². The highest BCUT2D eigenvalue weighted by Crippen LogP contribution is 2.60. The predicted molar refractivity (Wildman–Crippen MR) is 150 cm³/mol. The zero-order valence-electron chi connectivity index (χ0n) is 22.8. The van der Waals surface area contributed by atoms with E-state index in [0.29, 0.717) is 12.6 Å². The van der Waals surface area contributed by atoms with E-state index in [2.05, 4.69) is 31.5 Å². The molecule has 5 saturated carbocycles. The van der Waals surface area contributed by atoms with Gasteiger partial charge in [-0.15, -0.1) is 10.2 Å². The van der Waals surface area contributed by atoms with Gasteiger partial charge in [0.05, 0.1) is 12.3 Å². The Hall–Kier alpha value is -2.35. The summed E-state index contributed by atoms with van der Waals surface area (Å²) in [4.78, 5) is 26.4. The molecule has 204 valence electrons. The summed E-state index contributed by atoms with van der Waals surface area (Å²) < 4.78 is 2.23. The van der Waals surface area contributed by atoms with Crippen LogP contribution in [0.3, 0.4) is 0 Å². The molecular weight excluding hydrogens is 494 g/mol.